The van der Waals surface area contributed by atoms with E-state index in [4.69, 9.17) is 0 Å². The zero-order valence-electron chi connectivity index (χ0n) is 11.0. The molecule has 0 aliphatic rings. The first kappa shape index (κ1) is 14.6. The molecule has 0 heterocycles. The van der Waals surface area contributed by atoms with Gasteiger partial charge in [-0.1, -0.05) is 41.0 Å². The van der Waals surface area contributed by atoms with Gasteiger partial charge in [0.2, 0.25) is 0 Å². The van der Waals surface area contributed by atoms with E-state index in [1.807, 2.05) is 0 Å². The van der Waals surface area contributed by atoms with Crippen molar-refractivity contribution >= 4 is 6.29 Å². The van der Waals surface area contributed by atoms with E-state index in [2.05, 4.69) is 39.5 Å². The molecular weight excluding hydrogens is 186 g/mol. The van der Waals surface area contributed by atoms with Crippen molar-refractivity contribution in [2.75, 3.05) is 13.1 Å². The van der Waals surface area contributed by atoms with Crippen LogP contribution >= 0.6 is 0 Å². The van der Waals surface area contributed by atoms with Gasteiger partial charge in [-0.2, -0.15) is 0 Å². The molecule has 15 heavy (non-hydrogen) atoms. The summed E-state index contributed by atoms with van der Waals surface area (Å²) in [5.74, 6) is 1.26. The van der Waals surface area contributed by atoms with Gasteiger partial charge in [-0.05, 0) is 18.3 Å². The number of carbonyl (C=O) groups is 1. The van der Waals surface area contributed by atoms with Crippen molar-refractivity contribution < 1.29 is 4.79 Å². The molecule has 1 unspecified atom stereocenters. The van der Waals surface area contributed by atoms with Gasteiger partial charge in [0, 0.05) is 13.1 Å². The standard InChI is InChI=1S/C13H27NO/c1-6-7-13(10-15)14(8-11(2)3)9-12(4)5/h10-13H,6-9H2,1-5H3. The van der Waals surface area contributed by atoms with Crippen LogP contribution in [0.4, 0.5) is 0 Å². The van der Waals surface area contributed by atoms with Crippen molar-refractivity contribution in [1.29, 1.82) is 0 Å². The highest BCUT2D eigenvalue weighted by Crippen LogP contribution is 2.11. The van der Waals surface area contributed by atoms with Crippen LogP contribution in [-0.4, -0.2) is 30.3 Å². The molecule has 0 radical (unpaired) electrons. The number of carbonyl (C=O) groups excluding carboxylic acids is 1. The molecule has 0 bridgehead atoms. The number of hydrogen-bond donors (Lipinski definition) is 0. The molecule has 2 nitrogen and oxygen atoms in total. The molecule has 0 fully saturated rings. The Kier molecular flexibility index (Phi) is 7.67. The Labute approximate surface area is 95.0 Å². The summed E-state index contributed by atoms with van der Waals surface area (Å²) >= 11 is 0. The van der Waals surface area contributed by atoms with Gasteiger partial charge in [-0.25, -0.2) is 0 Å². The predicted octanol–water partition coefficient (Wildman–Crippen LogP) is 2.97. The third-order valence-electron chi connectivity index (χ3n) is 2.41. The van der Waals surface area contributed by atoms with E-state index in [9.17, 15) is 4.79 Å². The van der Waals surface area contributed by atoms with Crippen LogP contribution in [0, 0.1) is 11.8 Å². The molecule has 0 aliphatic carbocycles. The quantitative estimate of drug-likeness (QED) is 0.578. The smallest absolute Gasteiger partial charge is 0.137 e. The Morgan fingerprint density at radius 3 is 1.80 bits per heavy atom. The predicted molar refractivity (Wildman–Crippen MR) is 66.0 cm³/mol. The molecular formula is C13H27NO. The first-order valence-electron chi connectivity index (χ1n) is 6.20. The van der Waals surface area contributed by atoms with Gasteiger partial charge in [-0.15, -0.1) is 0 Å². The van der Waals surface area contributed by atoms with E-state index in [0.717, 1.165) is 32.2 Å². The van der Waals surface area contributed by atoms with E-state index >= 15 is 0 Å². The number of hydrogen-bond acceptors (Lipinski definition) is 2. The third-order valence-corrected chi connectivity index (χ3v) is 2.41. The van der Waals surface area contributed by atoms with E-state index in [1.165, 1.54) is 0 Å². The van der Waals surface area contributed by atoms with E-state index in [-0.39, 0.29) is 6.04 Å². The lowest BCUT2D eigenvalue weighted by Crippen LogP contribution is -2.41. The molecule has 1 atom stereocenters. The summed E-state index contributed by atoms with van der Waals surface area (Å²) in [5.41, 5.74) is 0. The van der Waals surface area contributed by atoms with Crippen LogP contribution in [0.2, 0.25) is 0 Å². The van der Waals surface area contributed by atoms with E-state index < -0.39 is 0 Å². The molecule has 0 aromatic carbocycles. The Bertz CT molecular complexity index is 156. The van der Waals surface area contributed by atoms with Crippen molar-refractivity contribution in [1.82, 2.24) is 4.90 Å². The molecule has 0 saturated heterocycles. The van der Waals surface area contributed by atoms with Crippen molar-refractivity contribution in [3.8, 4) is 0 Å². The molecule has 0 aromatic rings. The Morgan fingerprint density at radius 2 is 1.53 bits per heavy atom. The molecule has 0 aromatic heterocycles. The number of aldehydes is 1. The lowest BCUT2D eigenvalue weighted by Gasteiger charge is -2.30. The minimum atomic E-state index is 0.125. The third kappa shape index (κ3) is 6.67. The minimum Gasteiger partial charge on any atom is -0.302 e. The fraction of sp³-hybridized carbons (Fsp3) is 0.923. The van der Waals surface area contributed by atoms with Crippen molar-refractivity contribution in [2.45, 2.75) is 53.5 Å². The van der Waals surface area contributed by atoms with Crippen LogP contribution in [0.3, 0.4) is 0 Å². The van der Waals surface area contributed by atoms with Crippen molar-refractivity contribution in [3.63, 3.8) is 0 Å². The molecule has 0 spiro atoms. The lowest BCUT2D eigenvalue weighted by molar-refractivity contribution is -0.113. The first-order chi connectivity index (χ1) is 7.01. The SMILES string of the molecule is CCCC(C=O)N(CC(C)C)CC(C)C. The summed E-state index contributed by atoms with van der Waals surface area (Å²) in [5, 5.41) is 0. The lowest BCUT2D eigenvalue weighted by atomic mass is 10.1. The van der Waals surface area contributed by atoms with Crippen LogP contribution in [-0.2, 0) is 4.79 Å². The summed E-state index contributed by atoms with van der Waals surface area (Å²) in [4.78, 5) is 13.4. The normalized spacial score (nSPS) is 13.9. The van der Waals surface area contributed by atoms with Gasteiger partial charge in [0.1, 0.15) is 6.29 Å². The van der Waals surface area contributed by atoms with Crippen LogP contribution in [0.5, 0.6) is 0 Å². The van der Waals surface area contributed by atoms with Gasteiger partial charge < -0.3 is 4.79 Å². The fourth-order valence-corrected chi connectivity index (χ4v) is 1.92. The van der Waals surface area contributed by atoms with E-state index in [1.54, 1.807) is 0 Å². The Morgan fingerprint density at radius 1 is 1.07 bits per heavy atom. The largest absolute Gasteiger partial charge is 0.302 e. The Balaban J connectivity index is 4.35. The first-order valence-corrected chi connectivity index (χ1v) is 6.20. The molecule has 0 aliphatic heterocycles. The maximum atomic E-state index is 11.1. The number of nitrogens with zero attached hydrogens (tertiary/aromatic N) is 1. The highest BCUT2D eigenvalue weighted by molar-refractivity contribution is 5.57. The van der Waals surface area contributed by atoms with Crippen molar-refractivity contribution in [3.05, 3.63) is 0 Å². The van der Waals surface area contributed by atoms with E-state index in [0.29, 0.717) is 11.8 Å². The summed E-state index contributed by atoms with van der Waals surface area (Å²) in [7, 11) is 0. The van der Waals surface area contributed by atoms with Crippen LogP contribution in [0.1, 0.15) is 47.5 Å². The summed E-state index contributed by atoms with van der Waals surface area (Å²) in [6.45, 7) is 13.0. The van der Waals surface area contributed by atoms with Gasteiger partial charge in [0.15, 0.2) is 0 Å². The summed E-state index contributed by atoms with van der Waals surface area (Å²) < 4.78 is 0. The highest BCUT2D eigenvalue weighted by Gasteiger charge is 2.18. The monoisotopic (exact) mass is 213 g/mol. The summed E-state index contributed by atoms with van der Waals surface area (Å²) in [6.07, 6.45) is 3.19. The highest BCUT2D eigenvalue weighted by atomic mass is 16.1. The fourth-order valence-electron chi connectivity index (χ4n) is 1.92. The minimum absolute atomic E-state index is 0.125. The van der Waals surface area contributed by atoms with Crippen LogP contribution < -0.4 is 0 Å². The maximum Gasteiger partial charge on any atom is 0.137 e. The molecule has 0 N–H and O–H groups in total. The number of rotatable bonds is 8. The second kappa shape index (κ2) is 7.86. The van der Waals surface area contributed by atoms with Crippen LogP contribution in [0.25, 0.3) is 0 Å². The van der Waals surface area contributed by atoms with Gasteiger partial charge in [0.25, 0.3) is 0 Å². The second-order valence-corrected chi connectivity index (χ2v) is 5.23. The summed E-state index contributed by atoms with van der Waals surface area (Å²) in [6, 6.07) is 0.125. The molecule has 0 rings (SSSR count). The second-order valence-electron chi connectivity index (χ2n) is 5.23. The van der Waals surface area contributed by atoms with Crippen molar-refractivity contribution in [2.24, 2.45) is 11.8 Å². The molecule has 0 saturated carbocycles. The van der Waals surface area contributed by atoms with Gasteiger partial charge >= 0.3 is 0 Å². The maximum absolute atomic E-state index is 11.1. The van der Waals surface area contributed by atoms with Crippen LogP contribution in [0.15, 0.2) is 0 Å². The Hall–Kier alpha value is -0.370. The topological polar surface area (TPSA) is 20.3 Å². The molecule has 90 valence electrons. The average Bonchev–Trinajstić information content (AvgIpc) is 2.11. The zero-order chi connectivity index (χ0) is 11.8. The average molecular weight is 213 g/mol. The zero-order valence-corrected chi connectivity index (χ0v) is 11.0. The molecule has 2 heteroatoms. The van der Waals surface area contributed by atoms with Gasteiger partial charge in [-0.3, -0.25) is 4.90 Å². The van der Waals surface area contributed by atoms with Gasteiger partial charge in [0.05, 0.1) is 6.04 Å². The molecule has 0 amide bonds.